The molecular formula is C19H18F2N4O3. The molecule has 0 radical (unpaired) electrons. The molecule has 0 saturated heterocycles. The van der Waals surface area contributed by atoms with Gasteiger partial charge in [-0.05, 0) is 48.7 Å². The Balaban J connectivity index is 1.46. The fourth-order valence-electron chi connectivity index (χ4n) is 2.83. The van der Waals surface area contributed by atoms with E-state index < -0.39 is 16.6 Å². The highest BCUT2D eigenvalue weighted by molar-refractivity contribution is 5.99. The van der Waals surface area contributed by atoms with Crippen molar-refractivity contribution in [1.29, 1.82) is 0 Å². The number of non-ortho nitro benzene ring substituents is 1. The van der Waals surface area contributed by atoms with E-state index in [1.54, 1.807) is 25.1 Å². The molecule has 7 nitrogen and oxygen atoms in total. The van der Waals surface area contributed by atoms with Gasteiger partial charge in [-0.25, -0.2) is 14.2 Å². The van der Waals surface area contributed by atoms with Gasteiger partial charge in [-0.3, -0.25) is 14.9 Å². The van der Waals surface area contributed by atoms with Crippen molar-refractivity contribution in [2.24, 2.45) is 5.10 Å². The number of halogens is 2. The first kappa shape index (κ1) is 19.6. The van der Waals surface area contributed by atoms with Crippen molar-refractivity contribution in [3.63, 3.8) is 0 Å². The van der Waals surface area contributed by atoms with Gasteiger partial charge in [0.1, 0.15) is 0 Å². The van der Waals surface area contributed by atoms with Crippen LogP contribution < -0.4 is 10.7 Å². The number of carbonyl (C=O) groups is 1. The summed E-state index contributed by atoms with van der Waals surface area (Å²) in [5.74, 6) is -2.06. The number of nitro groups is 1. The summed E-state index contributed by atoms with van der Waals surface area (Å²) in [4.78, 5) is 22.1. The molecule has 0 spiro atoms. The average molecular weight is 388 g/mol. The van der Waals surface area contributed by atoms with Crippen molar-refractivity contribution in [3.05, 3.63) is 75.3 Å². The quantitative estimate of drug-likeness (QED) is 0.433. The number of hydrogen-bond acceptors (Lipinski definition) is 5. The zero-order valence-electron chi connectivity index (χ0n) is 15.0. The molecule has 1 aliphatic rings. The zero-order valence-corrected chi connectivity index (χ0v) is 15.0. The highest BCUT2D eigenvalue weighted by atomic mass is 19.2. The zero-order chi connectivity index (χ0) is 20.3. The number of hydrogen-bond donors (Lipinski definition) is 2. The van der Waals surface area contributed by atoms with Gasteiger partial charge in [0.2, 0.25) is 0 Å². The Morgan fingerprint density at radius 3 is 2.57 bits per heavy atom. The third kappa shape index (κ3) is 4.74. The Bertz CT molecular complexity index is 931. The molecular weight excluding hydrogens is 370 g/mol. The van der Waals surface area contributed by atoms with Gasteiger partial charge in [0, 0.05) is 24.1 Å². The lowest BCUT2D eigenvalue weighted by Crippen LogP contribution is -2.33. The smallest absolute Gasteiger partial charge is 0.269 e. The first-order valence-corrected chi connectivity index (χ1v) is 8.61. The number of nitrogens with one attached hydrogen (secondary N) is 2. The second-order valence-electron chi connectivity index (χ2n) is 6.54. The number of carbonyl (C=O) groups excluding carboxylic acids is 1. The van der Waals surface area contributed by atoms with Gasteiger partial charge in [-0.2, -0.15) is 5.10 Å². The van der Waals surface area contributed by atoms with Gasteiger partial charge in [-0.15, -0.1) is 0 Å². The minimum absolute atomic E-state index is 0.0233. The number of rotatable bonds is 7. The molecule has 2 atom stereocenters. The average Bonchev–Trinajstić information content (AvgIpc) is 3.46. The predicted octanol–water partition coefficient (Wildman–Crippen LogP) is 2.86. The lowest BCUT2D eigenvalue weighted by molar-refractivity contribution is -0.384. The van der Waals surface area contributed by atoms with Crippen molar-refractivity contribution in [2.75, 3.05) is 6.54 Å². The van der Waals surface area contributed by atoms with E-state index in [2.05, 4.69) is 15.8 Å². The highest BCUT2D eigenvalue weighted by Crippen LogP contribution is 2.40. The Morgan fingerprint density at radius 1 is 1.21 bits per heavy atom. The van der Waals surface area contributed by atoms with Crippen LogP contribution in [-0.4, -0.2) is 29.1 Å². The van der Waals surface area contributed by atoms with Gasteiger partial charge < -0.3 is 5.32 Å². The molecule has 3 rings (SSSR count). The maximum absolute atomic E-state index is 13.3. The van der Waals surface area contributed by atoms with E-state index in [1.165, 1.54) is 18.2 Å². The molecule has 0 heterocycles. The SMILES string of the molecule is C/C(=N\NC(=O)CN[C@@H]1C[C@H]1c1ccc(F)c(F)c1)c1ccc([N+](=O)[O-])cc1. The molecule has 9 heteroatoms. The third-order valence-corrected chi connectivity index (χ3v) is 4.53. The number of amides is 1. The molecule has 2 aromatic carbocycles. The molecule has 1 saturated carbocycles. The Hall–Kier alpha value is -3.20. The summed E-state index contributed by atoms with van der Waals surface area (Å²) in [5.41, 5.74) is 4.25. The van der Waals surface area contributed by atoms with Crippen LogP contribution in [0, 0.1) is 21.7 Å². The van der Waals surface area contributed by atoms with Gasteiger partial charge in [0.15, 0.2) is 11.6 Å². The van der Waals surface area contributed by atoms with Gasteiger partial charge in [0.25, 0.3) is 11.6 Å². The van der Waals surface area contributed by atoms with Gasteiger partial charge in [0.05, 0.1) is 17.2 Å². The minimum Gasteiger partial charge on any atom is -0.305 e. The highest BCUT2D eigenvalue weighted by Gasteiger charge is 2.38. The normalized spacial score (nSPS) is 18.6. The largest absolute Gasteiger partial charge is 0.305 e. The molecule has 1 fully saturated rings. The molecule has 1 aliphatic carbocycles. The summed E-state index contributed by atoms with van der Waals surface area (Å²) >= 11 is 0. The molecule has 146 valence electrons. The first-order valence-electron chi connectivity index (χ1n) is 8.61. The van der Waals surface area contributed by atoms with E-state index >= 15 is 0 Å². The van der Waals surface area contributed by atoms with Crippen LogP contribution in [0.4, 0.5) is 14.5 Å². The Kier molecular flexibility index (Phi) is 5.74. The molecule has 0 unspecified atom stereocenters. The second kappa shape index (κ2) is 8.22. The van der Waals surface area contributed by atoms with Crippen molar-refractivity contribution < 1.29 is 18.5 Å². The number of nitro benzene ring substituents is 1. The summed E-state index contributed by atoms with van der Waals surface area (Å²) in [6.45, 7) is 1.71. The lowest BCUT2D eigenvalue weighted by atomic mass is 10.1. The monoisotopic (exact) mass is 388 g/mol. The van der Waals surface area contributed by atoms with Crippen LogP contribution in [0.3, 0.4) is 0 Å². The standard InChI is InChI=1S/C19H18F2N4O3/c1-11(12-2-5-14(6-3-12)25(27)28)23-24-19(26)10-22-18-9-15(18)13-4-7-16(20)17(21)8-13/h2-8,15,18,22H,9-10H2,1H3,(H,24,26)/b23-11+/t15-,18+/m0/s1. The summed E-state index contributed by atoms with van der Waals surface area (Å²) in [6, 6.07) is 9.68. The van der Waals surface area contributed by atoms with Crippen LogP contribution in [0.15, 0.2) is 47.6 Å². The third-order valence-electron chi connectivity index (χ3n) is 4.53. The minimum atomic E-state index is -0.880. The van der Waals surface area contributed by atoms with E-state index in [0.717, 1.165) is 12.5 Å². The van der Waals surface area contributed by atoms with Crippen molar-refractivity contribution >= 4 is 17.3 Å². The summed E-state index contributed by atoms with van der Waals surface area (Å²) in [6.07, 6.45) is 0.740. The molecule has 1 amide bonds. The Labute approximate surface area is 159 Å². The Morgan fingerprint density at radius 2 is 1.93 bits per heavy atom. The van der Waals surface area contributed by atoms with Crippen molar-refractivity contribution in [2.45, 2.75) is 25.3 Å². The van der Waals surface area contributed by atoms with Crippen LogP contribution in [-0.2, 0) is 4.79 Å². The lowest BCUT2D eigenvalue weighted by Gasteiger charge is -2.05. The molecule has 2 aromatic rings. The predicted molar refractivity (Wildman–Crippen MR) is 99.0 cm³/mol. The summed E-state index contributed by atoms with van der Waals surface area (Å²) in [5, 5.41) is 17.7. The van der Waals surface area contributed by atoms with Crippen LogP contribution in [0.2, 0.25) is 0 Å². The van der Waals surface area contributed by atoms with Crippen LogP contribution in [0.5, 0.6) is 0 Å². The van der Waals surface area contributed by atoms with E-state index in [-0.39, 0.29) is 30.1 Å². The number of nitrogens with zero attached hydrogens (tertiary/aromatic N) is 2. The van der Waals surface area contributed by atoms with Crippen LogP contribution in [0.1, 0.15) is 30.4 Å². The van der Waals surface area contributed by atoms with Crippen molar-refractivity contribution in [3.8, 4) is 0 Å². The van der Waals surface area contributed by atoms with E-state index in [0.29, 0.717) is 16.8 Å². The summed E-state index contributed by atoms with van der Waals surface area (Å²) < 4.78 is 26.3. The second-order valence-corrected chi connectivity index (χ2v) is 6.54. The number of benzene rings is 2. The molecule has 0 aromatic heterocycles. The van der Waals surface area contributed by atoms with Crippen molar-refractivity contribution in [1.82, 2.24) is 10.7 Å². The van der Waals surface area contributed by atoms with E-state index in [1.807, 2.05) is 0 Å². The van der Waals surface area contributed by atoms with Crippen LogP contribution >= 0.6 is 0 Å². The molecule has 2 N–H and O–H groups in total. The fourth-order valence-corrected chi connectivity index (χ4v) is 2.83. The maximum Gasteiger partial charge on any atom is 0.269 e. The maximum atomic E-state index is 13.3. The molecule has 0 bridgehead atoms. The van der Waals surface area contributed by atoms with E-state index in [9.17, 15) is 23.7 Å². The van der Waals surface area contributed by atoms with E-state index in [4.69, 9.17) is 0 Å². The molecule has 0 aliphatic heterocycles. The molecule has 28 heavy (non-hydrogen) atoms. The van der Waals surface area contributed by atoms with Gasteiger partial charge >= 0.3 is 0 Å². The van der Waals surface area contributed by atoms with Gasteiger partial charge in [-0.1, -0.05) is 6.07 Å². The van der Waals surface area contributed by atoms with Crippen LogP contribution in [0.25, 0.3) is 0 Å². The first-order chi connectivity index (χ1) is 13.3. The fraction of sp³-hybridized carbons (Fsp3) is 0.263. The topological polar surface area (TPSA) is 96.6 Å². The summed E-state index contributed by atoms with van der Waals surface area (Å²) in [7, 11) is 0. The number of hydrazone groups is 1.